The van der Waals surface area contributed by atoms with Crippen LogP contribution < -0.4 is 0 Å². The van der Waals surface area contributed by atoms with Gasteiger partial charge in [-0.15, -0.1) is 0 Å². The number of rotatable bonds is 8. The molecule has 0 amide bonds. The lowest BCUT2D eigenvalue weighted by Gasteiger charge is -2.09. The molecule has 0 bridgehead atoms. The molecule has 0 aliphatic heterocycles. The highest BCUT2D eigenvalue weighted by atomic mass is 14.1. The van der Waals surface area contributed by atoms with Gasteiger partial charge in [0.15, 0.2) is 0 Å². The highest BCUT2D eigenvalue weighted by Crippen LogP contribution is 2.16. The monoisotopic (exact) mass is 256 g/mol. The van der Waals surface area contributed by atoms with Crippen LogP contribution in [0.3, 0.4) is 0 Å². The van der Waals surface area contributed by atoms with Gasteiger partial charge in [-0.05, 0) is 42.9 Å². The van der Waals surface area contributed by atoms with Crippen LogP contribution in [0.15, 0.2) is 0 Å². The second kappa shape index (κ2) is 13.1. The molecule has 2 unspecified atom stereocenters. The van der Waals surface area contributed by atoms with Crippen LogP contribution in [-0.2, 0) is 0 Å². The fourth-order valence-corrected chi connectivity index (χ4v) is 2.11. The SMILES string of the molecule is CC#CC#CC#CC(C)CCCCCC(C)CCC. The predicted molar refractivity (Wildman–Crippen MR) is 85.3 cm³/mol. The quantitative estimate of drug-likeness (QED) is 0.421. The van der Waals surface area contributed by atoms with E-state index in [0.717, 1.165) is 5.92 Å². The molecule has 0 aliphatic carbocycles. The first-order chi connectivity index (χ1) is 9.20. The van der Waals surface area contributed by atoms with Crippen LogP contribution in [0.5, 0.6) is 0 Å². The molecule has 0 radical (unpaired) electrons. The second-order valence-electron chi connectivity index (χ2n) is 5.33. The molecule has 0 saturated heterocycles. The molecule has 0 spiro atoms. The largest absolute Gasteiger partial charge is 0.0925 e. The van der Waals surface area contributed by atoms with Crippen molar-refractivity contribution in [3.05, 3.63) is 0 Å². The predicted octanol–water partition coefficient (Wildman–Crippen LogP) is 5.04. The lowest BCUT2D eigenvalue weighted by Crippen LogP contribution is -1.95. The van der Waals surface area contributed by atoms with Crippen molar-refractivity contribution < 1.29 is 0 Å². The normalized spacial score (nSPS) is 12.0. The Labute approximate surface area is 120 Å². The summed E-state index contributed by atoms with van der Waals surface area (Å²) in [6.45, 7) is 8.60. The molecule has 0 rings (SSSR count). The van der Waals surface area contributed by atoms with E-state index in [1.165, 1.54) is 44.9 Å². The third-order valence-corrected chi connectivity index (χ3v) is 3.25. The van der Waals surface area contributed by atoms with Gasteiger partial charge in [-0.2, -0.15) is 0 Å². The maximum Gasteiger partial charge on any atom is 0.0184 e. The average molecular weight is 256 g/mol. The van der Waals surface area contributed by atoms with Gasteiger partial charge in [-0.1, -0.05) is 71.1 Å². The molecule has 0 heterocycles. The van der Waals surface area contributed by atoms with Gasteiger partial charge in [0.05, 0.1) is 0 Å². The Bertz CT molecular complexity index is 383. The van der Waals surface area contributed by atoms with Gasteiger partial charge in [-0.25, -0.2) is 0 Å². The first kappa shape index (κ1) is 17.7. The molecule has 0 aliphatic rings. The fourth-order valence-electron chi connectivity index (χ4n) is 2.11. The molecular weight excluding hydrogens is 228 g/mol. The van der Waals surface area contributed by atoms with Crippen LogP contribution >= 0.6 is 0 Å². The van der Waals surface area contributed by atoms with Crippen molar-refractivity contribution in [2.75, 3.05) is 0 Å². The minimum Gasteiger partial charge on any atom is -0.0925 e. The molecule has 0 N–H and O–H groups in total. The van der Waals surface area contributed by atoms with Crippen molar-refractivity contribution in [1.82, 2.24) is 0 Å². The maximum absolute atomic E-state index is 3.17. The van der Waals surface area contributed by atoms with E-state index >= 15 is 0 Å². The zero-order chi connectivity index (χ0) is 14.3. The second-order valence-corrected chi connectivity index (χ2v) is 5.33. The smallest absolute Gasteiger partial charge is 0.0184 e. The van der Waals surface area contributed by atoms with Crippen LogP contribution in [0, 0.1) is 47.4 Å². The van der Waals surface area contributed by atoms with E-state index in [0.29, 0.717) is 5.92 Å². The van der Waals surface area contributed by atoms with E-state index in [2.05, 4.69) is 56.3 Å². The zero-order valence-corrected chi connectivity index (χ0v) is 13.1. The van der Waals surface area contributed by atoms with Crippen molar-refractivity contribution in [1.29, 1.82) is 0 Å². The summed E-state index contributed by atoms with van der Waals surface area (Å²) < 4.78 is 0. The standard InChI is InChI=1S/C19H28/c1-5-7-8-9-11-16-19(4)17-13-10-12-15-18(3)14-6-2/h18-19H,6,10,12-15,17H2,1-4H3. The number of unbranched alkanes of at least 4 members (excludes halogenated alkanes) is 2. The minimum absolute atomic E-state index is 0.456. The van der Waals surface area contributed by atoms with Gasteiger partial charge >= 0.3 is 0 Å². The van der Waals surface area contributed by atoms with Crippen LogP contribution in [0.1, 0.15) is 72.6 Å². The first-order valence-electron chi connectivity index (χ1n) is 7.63. The third-order valence-electron chi connectivity index (χ3n) is 3.25. The van der Waals surface area contributed by atoms with Crippen LogP contribution in [0.4, 0.5) is 0 Å². The summed E-state index contributed by atoms with van der Waals surface area (Å²) in [6.07, 6.45) is 9.26. The highest BCUT2D eigenvalue weighted by Gasteiger charge is 2.01. The fraction of sp³-hybridized carbons (Fsp3) is 0.684. The lowest BCUT2D eigenvalue weighted by atomic mass is 9.97. The Morgan fingerprint density at radius 2 is 1.47 bits per heavy atom. The summed E-state index contributed by atoms with van der Waals surface area (Å²) in [5.74, 6) is 18.3. The van der Waals surface area contributed by atoms with Gasteiger partial charge in [-0.3, -0.25) is 0 Å². The zero-order valence-electron chi connectivity index (χ0n) is 13.1. The molecule has 104 valence electrons. The van der Waals surface area contributed by atoms with E-state index in [1.807, 2.05) is 0 Å². The van der Waals surface area contributed by atoms with Gasteiger partial charge in [0.25, 0.3) is 0 Å². The Hall–Kier alpha value is -1.32. The van der Waals surface area contributed by atoms with Crippen molar-refractivity contribution in [2.24, 2.45) is 11.8 Å². The van der Waals surface area contributed by atoms with Crippen molar-refractivity contribution in [3.8, 4) is 35.5 Å². The lowest BCUT2D eigenvalue weighted by molar-refractivity contribution is 0.448. The van der Waals surface area contributed by atoms with Crippen molar-refractivity contribution in [2.45, 2.75) is 72.6 Å². The molecule has 0 aromatic carbocycles. The summed E-state index contributed by atoms with van der Waals surface area (Å²) in [7, 11) is 0. The van der Waals surface area contributed by atoms with Crippen LogP contribution in [-0.4, -0.2) is 0 Å². The van der Waals surface area contributed by atoms with E-state index in [9.17, 15) is 0 Å². The molecule has 0 heteroatoms. The Morgan fingerprint density at radius 1 is 0.789 bits per heavy atom. The van der Waals surface area contributed by atoms with Crippen LogP contribution in [0.2, 0.25) is 0 Å². The van der Waals surface area contributed by atoms with Crippen molar-refractivity contribution >= 4 is 0 Å². The van der Waals surface area contributed by atoms with E-state index in [1.54, 1.807) is 6.92 Å². The summed E-state index contributed by atoms with van der Waals surface area (Å²) in [6, 6.07) is 0. The molecule has 0 aromatic heterocycles. The van der Waals surface area contributed by atoms with E-state index in [4.69, 9.17) is 0 Å². The molecule has 0 saturated carbocycles. The molecule has 19 heavy (non-hydrogen) atoms. The average Bonchev–Trinajstić information content (AvgIpc) is 2.38. The van der Waals surface area contributed by atoms with Gasteiger partial charge in [0.2, 0.25) is 0 Å². The summed E-state index contributed by atoms with van der Waals surface area (Å²) in [5, 5.41) is 0. The summed E-state index contributed by atoms with van der Waals surface area (Å²) >= 11 is 0. The number of hydrogen-bond donors (Lipinski definition) is 0. The molecule has 0 fully saturated rings. The minimum atomic E-state index is 0.456. The molecular formula is C19H28. The van der Waals surface area contributed by atoms with Crippen molar-refractivity contribution in [3.63, 3.8) is 0 Å². The van der Waals surface area contributed by atoms with E-state index in [-0.39, 0.29) is 0 Å². The van der Waals surface area contributed by atoms with Gasteiger partial charge in [0, 0.05) is 5.92 Å². The van der Waals surface area contributed by atoms with Gasteiger partial charge in [0.1, 0.15) is 0 Å². The molecule has 2 atom stereocenters. The summed E-state index contributed by atoms with van der Waals surface area (Å²) in [5.41, 5.74) is 0. The maximum atomic E-state index is 3.17. The van der Waals surface area contributed by atoms with E-state index < -0.39 is 0 Å². The molecule has 0 nitrogen and oxygen atoms in total. The number of hydrogen-bond acceptors (Lipinski definition) is 0. The third kappa shape index (κ3) is 12.9. The Morgan fingerprint density at radius 3 is 2.16 bits per heavy atom. The highest BCUT2D eigenvalue weighted by molar-refractivity contribution is 5.35. The Balaban J connectivity index is 3.61. The summed E-state index contributed by atoms with van der Waals surface area (Å²) in [4.78, 5) is 0. The van der Waals surface area contributed by atoms with Gasteiger partial charge < -0.3 is 0 Å². The topological polar surface area (TPSA) is 0 Å². The molecule has 0 aromatic rings. The first-order valence-corrected chi connectivity index (χ1v) is 7.63. The van der Waals surface area contributed by atoms with Crippen LogP contribution in [0.25, 0.3) is 0 Å². The Kier molecular flexibility index (Phi) is 12.2.